The summed E-state index contributed by atoms with van der Waals surface area (Å²) in [4.78, 5) is 12.6. The van der Waals surface area contributed by atoms with Gasteiger partial charge in [-0.25, -0.2) is 4.68 Å². The van der Waals surface area contributed by atoms with Crippen molar-refractivity contribution in [3.05, 3.63) is 53.9 Å². The molecule has 0 saturated carbocycles. The Morgan fingerprint density at radius 1 is 1.06 bits per heavy atom. The minimum Gasteiger partial charge on any atom is -0.491 e. The summed E-state index contributed by atoms with van der Waals surface area (Å²) in [7, 11) is 2.89. The highest BCUT2D eigenvalue weighted by Crippen LogP contribution is 2.33. The molecular formula is C19H18F3N5O4. The van der Waals surface area contributed by atoms with E-state index < -0.39 is 23.3 Å². The van der Waals surface area contributed by atoms with Gasteiger partial charge in [-0.15, -0.1) is 10.2 Å². The number of aromatic nitrogens is 4. The van der Waals surface area contributed by atoms with E-state index in [-0.39, 0.29) is 17.4 Å². The predicted molar refractivity (Wildman–Crippen MR) is 102 cm³/mol. The second kappa shape index (κ2) is 9.43. The van der Waals surface area contributed by atoms with Crippen molar-refractivity contribution in [1.29, 1.82) is 0 Å². The number of carbonyl (C=O) groups excluding carboxylic acids is 1. The molecule has 1 aromatic carbocycles. The lowest BCUT2D eigenvalue weighted by atomic mass is 10.2. The molecule has 12 heteroatoms. The highest BCUT2D eigenvalue weighted by atomic mass is 19.4. The molecule has 0 atom stereocenters. The first-order valence-electron chi connectivity index (χ1n) is 8.90. The predicted octanol–water partition coefficient (Wildman–Crippen LogP) is 2.97. The maximum absolute atomic E-state index is 13.7. The van der Waals surface area contributed by atoms with Gasteiger partial charge in [-0.3, -0.25) is 4.79 Å². The van der Waals surface area contributed by atoms with Gasteiger partial charge in [0.1, 0.15) is 12.4 Å². The number of methoxy groups -OCH3 is 2. The van der Waals surface area contributed by atoms with E-state index in [0.717, 1.165) is 6.20 Å². The van der Waals surface area contributed by atoms with Crippen LogP contribution < -0.4 is 14.8 Å². The Balaban J connectivity index is 1.83. The zero-order valence-corrected chi connectivity index (χ0v) is 16.5. The molecule has 1 N–H and O–H groups in total. The van der Waals surface area contributed by atoms with Gasteiger partial charge in [-0.1, -0.05) is 0 Å². The fraction of sp³-hybridized carbons (Fsp3) is 0.263. The van der Waals surface area contributed by atoms with Gasteiger partial charge in [0.15, 0.2) is 11.5 Å². The summed E-state index contributed by atoms with van der Waals surface area (Å²) in [6, 6.07) is 8.75. The molecule has 0 saturated heterocycles. The molecule has 9 nitrogen and oxygen atoms in total. The zero-order valence-electron chi connectivity index (χ0n) is 16.5. The third-order valence-corrected chi connectivity index (χ3v) is 4.00. The van der Waals surface area contributed by atoms with Gasteiger partial charge in [0, 0.05) is 18.9 Å². The van der Waals surface area contributed by atoms with Gasteiger partial charge >= 0.3 is 6.18 Å². The number of benzene rings is 1. The van der Waals surface area contributed by atoms with E-state index in [1.165, 1.54) is 31.4 Å². The van der Waals surface area contributed by atoms with Crippen molar-refractivity contribution in [1.82, 2.24) is 20.0 Å². The van der Waals surface area contributed by atoms with Crippen molar-refractivity contribution in [2.45, 2.75) is 6.18 Å². The quantitative estimate of drug-likeness (QED) is 0.541. The molecule has 2 aromatic heterocycles. The average Bonchev–Trinajstić information content (AvgIpc) is 3.21. The molecule has 0 fully saturated rings. The SMILES string of the molecule is COCCOc1ccc(NC(=O)c2cnn(-c3ccc(OC)nn3)c2C(F)(F)F)cc1. The van der Waals surface area contributed by atoms with Crippen LogP contribution in [0.5, 0.6) is 11.6 Å². The van der Waals surface area contributed by atoms with Crippen LogP contribution in [0.4, 0.5) is 18.9 Å². The third-order valence-electron chi connectivity index (χ3n) is 4.00. The van der Waals surface area contributed by atoms with Crippen LogP contribution in [0.1, 0.15) is 16.1 Å². The van der Waals surface area contributed by atoms with Gasteiger partial charge in [0.05, 0.1) is 25.5 Å². The van der Waals surface area contributed by atoms with Gasteiger partial charge in [-0.2, -0.15) is 18.3 Å². The summed E-state index contributed by atoms with van der Waals surface area (Å²) in [6.07, 6.45) is -4.05. The third kappa shape index (κ3) is 5.28. The number of nitrogens with one attached hydrogen (secondary N) is 1. The summed E-state index contributed by atoms with van der Waals surface area (Å²) >= 11 is 0. The number of nitrogens with zero attached hydrogens (tertiary/aromatic N) is 4. The van der Waals surface area contributed by atoms with Crippen LogP contribution in [0.25, 0.3) is 5.82 Å². The van der Waals surface area contributed by atoms with E-state index in [9.17, 15) is 18.0 Å². The smallest absolute Gasteiger partial charge is 0.434 e. The van der Waals surface area contributed by atoms with Gasteiger partial charge in [0.2, 0.25) is 5.88 Å². The second-order valence-corrected chi connectivity index (χ2v) is 6.07. The largest absolute Gasteiger partial charge is 0.491 e. The summed E-state index contributed by atoms with van der Waals surface area (Å²) in [5, 5.41) is 13.4. The molecule has 0 aliphatic rings. The Bertz CT molecular complexity index is 1020. The topological polar surface area (TPSA) is 100 Å². The van der Waals surface area contributed by atoms with E-state index >= 15 is 0 Å². The second-order valence-electron chi connectivity index (χ2n) is 6.07. The number of hydrogen-bond acceptors (Lipinski definition) is 7. The zero-order chi connectivity index (χ0) is 22.4. The molecule has 1 amide bonds. The first-order valence-corrected chi connectivity index (χ1v) is 8.90. The molecule has 31 heavy (non-hydrogen) atoms. The number of rotatable bonds is 8. The lowest BCUT2D eigenvalue weighted by molar-refractivity contribution is -0.143. The number of ether oxygens (including phenoxy) is 3. The van der Waals surface area contributed by atoms with Gasteiger partial charge in [0.25, 0.3) is 5.91 Å². The van der Waals surface area contributed by atoms with Gasteiger partial charge < -0.3 is 19.5 Å². The molecular weight excluding hydrogens is 419 g/mol. The maximum Gasteiger partial charge on any atom is 0.434 e. The molecule has 0 bridgehead atoms. The lowest BCUT2D eigenvalue weighted by Gasteiger charge is -2.12. The van der Waals surface area contributed by atoms with Crippen molar-refractivity contribution < 1.29 is 32.2 Å². The van der Waals surface area contributed by atoms with E-state index in [4.69, 9.17) is 14.2 Å². The Labute approximate surface area is 174 Å². The van der Waals surface area contributed by atoms with Crippen LogP contribution in [-0.2, 0) is 10.9 Å². The van der Waals surface area contributed by atoms with Crippen molar-refractivity contribution in [3.8, 4) is 17.4 Å². The van der Waals surface area contributed by atoms with Crippen molar-refractivity contribution >= 4 is 11.6 Å². The number of halogens is 3. The molecule has 0 unspecified atom stereocenters. The molecule has 0 spiro atoms. The van der Waals surface area contributed by atoms with Crippen LogP contribution in [0.15, 0.2) is 42.6 Å². The van der Waals surface area contributed by atoms with Gasteiger partial charge in [-0.05, 0) is 30.3 Å². The Morgan fingerprint density at radius 3 is 2.39 bits per heavy atom. The molecule has 0 aliphatic carbocycles. The summed E-state index contributed by atoms with van der Waals surface area (Å²) < 4.78 is 56.8. The highest BCUT2D eigenvalue weighted by Gasteiger charge is 2.41. The molecule has 2 heterocycles. The van der Waals surface area contributed by atoms with E-state index in [1.54, 1.807) is 19.2 Å². The first-order chi connectivity index (χ1) is 14.8. The summed E-state index contributed by atoms with van der Waals surface area (Å²) in [5.74, 6) is -0.549. The normalized spacial score (nSPS) is 11.3. The van der Waals surface area contributed by atoms with Crippen LogP contribution >= 0.6 is 0 Å². The monoisotopic (exact) mass is 437 g/mol. The Kier molecular flexibility index (Phi) is 6.70. The maximum atomic E-state index is 13.7. The van der Waals surface area contributed by atoms with E-state index in [2.05, 4.69) is 20.6 Å². The van der Waals surface area contributed by atoms with Crippen molar-refractivity contribution in [3.63, 3.8) is 0 Å². The van der Waals surface area contributed by atoms with E-state index in [0.29, 0.717) is 23.6 Å². The number of anilines is 1. The van der Waals surface area contributed by atoms with Crippen molar-refractivity contribution in [2.24, 2.45) is 0 Å². The van der Waals surface area contributed by atoms with Crippen LogP contribution in [-0.4, -0.2) is 53.3 Å². The lowest BCUT2D eigenvalue weighted by Crippen LogP contribution is -2.21. The highest BCUT2D eigenvalue weighted by molar-refractivity contribution is 6.05. The number of carbonyl (C=O) groups is 1. The molecule has 3 aromatic rings. The molecule has 164 valence electrons. The number of alkyl halides is 3. The number of hydrogen-bond donors (Lipinski definition) is 1. The molecule has 3 rings (SSSR count). The Hall–Kier alpha value is -3.67. The van der Waals surface area contributed by atoms with Crippen molar-refractivity contribution in [2.75, 3.05) is 32.8 Å². The molecule has 0 aliphatic heterocycles. The molecule has 0 radical (unpaired) electrons. The average molecular weight is 437 g/mol. The standard InChI is InChI=1S/C19H18F3N5O4/c1-29-9-10-31-13-5-3-12(4-6-13)24-18(28)14-11-23-27(17(14)19(20,21)22)15-7-8-16(30-2)26-25-15/h3-8,11H,9-10H2,1-2H3,(H,24,28). The van der Waals surface area contributed by atoms with Crippen LogP contribution in [0, 0.1) is 0 Å². The Morgan fingerprint density at radius 2 is 1.81 bits per heavy atom. The van der Waals surface area contributed by atoms with Crippen LogP contribution in [0.3, 0.4) is 0 Å². The fourth-order valence-electron chi connectivity index (χ4n) is 2.57. The minimum atomic E-state index is -4.87. The summed E-state index contributed by atoms with van der Waals surface area (Å²) in [5.41, 5.74) is -1.65. The minimum absolute atomic E-state index is 0.122. The first kappa shape index (κ1) is 22.0. The van der Waals surface area contributed by atoms with Crippen LogP contribution in [0.2, 0.25) is 0 Å². The fourth-order valence-corrected chi connectivity index (χ4v) is 2.57. The van der Waals surface area contributed by atoms with E-state index in [1.807, 2.05) is 0 Å². The number of amides is 1. The summed E-state index contributed by atoms with van der Waals surface area (Å²) in [6.45, 7) is 0.742.